The summed E-state index contributed by atoms with van der Waals surface area (Å²) in [6.45, 7) is 0. The summed E-state index contributed by atoms with van der Waals surface area (Å²) in [7, 11) is 0. The molecule has 0 heterocycles. The maximum atomic E-state index is 12.9. The predicted molar refractivity (Wildman–Crippen MR) is 146 cm³/mol. The number of benzene rings is 3. The molecule has 0 fully saturated rings. The first kappa shape index (κ1) is 25.0. The Bertz CT molecular complexity index is 1580. The van der Waals surface area contributed by atoms with Gasteiger partial charge in [0.15, 0.2) is 0 Å². The topological polar surface area (TPSA) is 140 Å². The fraction of sp³-hybridized carbons (Fsp3) is 0. The highest BCUT2D eigenvalue weighted by atomic mass is 35.5. The lowest BCUT2D eigenvalue weighted by molar-refractivity contribution is -0.118. The van der Waals surface area contributed by atoms with Crippen molar-refractivity contribution >= 4 is 81.5 Å². The van der Waals surface area contributed by atoms with Gasteiger partial charge >= 0.3 is 0 Å². The molecule has 5 rings (SSSR count). The molecule has 186 valence electrons. The minimum absolute atomic E-state index is 0.000533. The summed E-state index contributed by atoms with van der Waals surface area (Å²) < 4.78 is 0. The molecule has 2 aliphatic rings. The quantitative estimate of drug-likeness (QED) is 0.346. The molecule has 0 spiro atoms. The van der Waals surface area contributed by atoms with Crippen molar-refractivity contribution < 1.29 is 19.2 Å². The summed E-state index contributed by atoms with van der Waals surface area (Å²) in [4.78, 5) is 51.0. The average Bonchev–Trinajstić information content (AvgIpc) is 2.91. The number of Topliss-reactive ketones (excluding diaryl/α,β-unsaturated/α-hetero) is 2. The molecule has 3 aromatic carbocycles. The molecule has 0 atom stereocenters. The van der Waals surface area contributed by atoms with E-state index in [1.54, 1.807) is 48.5 Å². The van der Waals surface area contributed by atoms with Crippen LogP contribution in [-0.4, -0.2) is 34.8 Å². The first-order valence-electron chi connectivity index (χ1n) is 11.2. The summed E-state index contributed by atoms with van der Waals surface area (Å²) in [5.74, 6) is -3.02. The molecule has 38 heavy (non-hydrogen) atoms. The molecule has 0 bridgehead atoms. The highest BCUT2D eigenvalue weighted by Crippen LogP contribution is 2.34. The van der Waals surface area contributed by atoms with Gasteiger partial charge in [-0.25, -0.2) is 0 Å². The first-order valence-corrected chi connectivity index (χ1v) is 11.9. The second-order valence-corrected chi connectivity index (χ2v) is 9.23. The second kappa shape index (κ2) is 9.66. The number of hydrogen-bond donors (Lipinski definition) is 4. The lowest BCUT2D eigenvalue weighted by Crippen LogP contribution is -2.29. The number of nitrogens with one attached hydrogen (secondary N) is 4. The van der Waals surface area contributed by atoms with Crippen LogP contribution in [0.1, 0.15) is 22.3 Å². The van der Waals surface area contributed by atoms with Crippen LogP contribution in [0.15, 0.2) is 71.8 Å². The van der Waals surface area contributed by atoms with Gasteiger partial charge in [0.2, 0.25) is 11.6 Å². The zero-order valence-electron chi connectivity index (χ0n) is 19.3. The highest BCUT2D eigenvalue weighted by molar-refractivity contribution is 6.59. The van der Waals surface area contributed by atoms with E-state index >= 15 is 0 Å². The SMILES string of the molecule is N=C1C(=O)C(C(=O)Nc2cc(Cl)c(NC(=O)C3=Cc4ccccc4C(=N)C3=O)cc2Cl)=Cc2ccccc21. The largest absolute Gasteiger partial charge is 0.320 e. The Labute approximate surface area is 226 Å². The van der Waals surface area contributed by atoms with Gasteiger partial charge < -0.3 is 10.6 Å². The van der Waals surface area contributed by atoms with E-state index in [2.05, 4.69) is 10.6 Å². The molecule has 0 unspecified atom stereocenters. The smallest absolute Gasteiger partial charge is 0.259 e. The Balaban J connectivity index is 1.37. The standard InChI is InChI=1S/C28H16Cl2N4O4/c29-19-12-22(34-28(38)18-10-14-6-2-4-8-16(14)24(32)26(18)36)20(30)11-21(19)33-27(37)17-9-13-5-1-3-7-15(13)23(31)25(17)35/h1-12,31-32H,(H,33,37)(H,34,38). The zero-order valence-corrected chi connectivity index (χ0v) is 20.8. The fourth-order valence-corrected chi connectivity index (χ4v) is 4.53. The van der Waals surface area contributed by atoms with Gasteiger partial charge in [0.25, 0.3) is 11.8 Å². The van der Waals surface area contributed by atoms with Gasteiger partial charge in [-0.2, -0.15) is 0 Å². The molecule has 0 aromatic heterocycles. The highest BCUT2D eigenvalue weighted by Gasteiger charge is 2.30. The van der Waals surface area contributed by atoms with Crippen molar-refractivity contribution in [3.63, 3.8) is 0 Å². The van der Waals surface area contributed by atoms with Gasteiger partial charge in [0.05, 0.1) is 32.6 Å². The summed E-state index contributed by atoms with van der Waals surface area (Å²) in [6.07, 6.45) is 2.81. The molecule has 4 N–H and O–H groups in total. The Hall–Kier alpha value is -4.66. The van der Waals surface area contributed by atoms with Crippen molar-refractivity contribution in [2.45, 2.75) is 0 Å². The van der Waals surface area contributed by atoms with E-state index in [1.807, 2.05) is 0 Å². The van der Waals surface area contributed by atoms with Crippen LogP contribution < -0.4 is 10.6 Å². The maximum absolute atomic E-state index is 12.9. The summed E-state index contributed by atoms with van der Waals surface area (Å²) >= 11 is 12.7. The van der Waals surface area contributed by atoms with Crippen LogP contribution in [0.3, 0.4) is 0 Å². The van der Waals surface area contributed by atoms with Gasteiger partial charge in [0.1, 0.15) is 11.4 Å². The van der Waals surface area contributed by atoms with Crippen molar-refractivity contribution in [1.29, 1.82) is 10.8 Å². The van der Waals surface area contributed by atoms with Crippen molar-refractivity contribution in [1.82, 2.24) is 0 Å². The first-order chi connectivity index (χ1) is 18.2. The van der Waals surface area contributed by atoms with E-state index in [4.69, 9.17) is 34.0 Å². The average molecular weight is 543 g/mol. The zero-order chi connectivity index (χ0) is 27.1. The van der Waals surface area contributed by atoms with Crippen molar-refractivity contribution in [2.24, 2.45) is 0 Å². The number of amides is 2. The number of fused-ring (bicyclic) bond motifs is 2. The number of halogens is 2. The third kappa shape index (κ3) is 4.36. The van der Waals surface area contributed by atoms with Crippen molar-refractivity contribution in [3.8, 4) is 0 Å². The molecule has 0 aliphatic heterocycles. The number of rotatable bonds is 4. The monoisotopic (exact) mass is 542 g/mol. The van der Waals surface area contributed by atoms with Crippen molar-refractivity contribution in [3.05, 3.63) is 104 Å². The number of anilines is 2. The maximum Gasteiger partial charge on any atom is 0.259 e. The van der Waals surface area contributed by atoms with Gasteiger partial charge in [-0.05, 0) is 35.4 Å². The summed E-state index contributed by atoms with van der Waals surface area (Å²) in [5.41, 5.74) is 1.08. The van der Waals surface area contributed by atoms with Crippen LogP contribution in [0.4, 0.5) is 11.4 Å². The van der Waals surface area contributed by atoms with Crippen LogP contribution in [0, 0.1) is 10.8 Å². The molecule has 3 aromatic rings. The van der Waals surface area contributed by atoms with Crippen LogP contribution >= 0.6 is 23.2 Å². The number of carbonyl (C=O) groups excluding carboxylic acids is 4. The van der Waals surface area contributed by atoms with Gasteiger partial charge in [-0.1, -0.05) is 71.7 Å². The molecular formula is C28H16Cl2N4O4. The van der Waals surface area contributed by atoms with Gasteiger partial charge in [0, 0.05) is 11.1 Å². The van der Waals surface area contributed by atoms with E-state index in [0.29, 0.717) is 22.3 Å². The molecule has 0 radical (unpaired) electrons. The van der Waals surface area contributed by atoms with Crippen molar-refractivity contribution in [2.75, 3.05) is 10.6 Å². The van der Waals surface area contributed by atoms with Crippen LogP contribution in [-0.2, 0) is 19.2 Å². The second-order valence-electron chi connectivity index (χ2n) is 8.42. The molecule has 8 nitrogen and oxygen atoms in total. The molecule has 0 saturated heterocycles. The number of carbonyl (C=O) groups is 4. The van der Waals surface area contributed by atoms with Crippen LogP contribution in [0.25, 0.3) is 12.2 Å². The molecular weight excluding hydrogens is 527 g/mol. The number of ketones is 2. The summed E-state index contributed by atoms with van der Waals surface area (Å²) in [6, 6.07) is 16.1. The Morgan fingerprint density at radius 3 is 1.39 bits per heavy atom. The Kier molecular flexibility index (Phi) is 6.36. The lowest BCUT2D eigenvalue weighted by Gasteiger charge is -2.18. The van der Waals surface area contributed by atoms with Gasteiger partial charge in [-0.3, -0.25) is 30.0 Å². The van der Waals surface area contributed by atoms with Gasteiger partial charge in [-0.15, -0.1) is 0 Å². The molecule has 0 saturated carbocycles. The minimum Gasteiger partial charge on any atom is -0.320 e. The summed E-state index contributed by atoms with van der Waals surface area (Å²) in [5, 5.41) is 21.2. The third-order valence-electron chi connectivity index (χ3n) is 6.05. The molecule has 2 amide bonds. The number of hydrogen-bond acceptors (Lipinski definition) is 6. The third-order valence-corrected chi connectivity index (χ3v) is 6.67. The van der Waals surface area contributed by atoms with E-state index in [0.717, 1.165) is 0 Å². The van der Waals surface area contributed by atoms with Crippen LogP contribution in [0.2, 0.25) is 10.0 Å². The van der Waals surface area contributed by atoms with E-state index < -0.39 is 23.4 Å². The lowest BCUT2D eigenvalue weighted by atomic mass is 9.89. The van der Waals surface area contributed by atoms with E-state index in [-0.39, 0.29) is 44.0 Å². The molecule has 10 heteroatoms. The Morgan fingerprint density at radius 1 is 0.632 bits per heavy atom. The molecule has 2 aliphatic carbocycles. The van der Waals surface area contributed by atoms with E-state index in [9.17, 15) is 19.2 Å². The van der Waals surface area contributed by atoms with Crippen LogP contribution in [0.5, 0.6) is 0 Å². The Morgan fingerprint density at radius 2 is 1.00 bits per heavy atom. The fourth-order valence-electron chi connectivity index (χ4n) is 4.11. The van der Waals surface area contributed by atoms with E-state index in [1.165, 1.54) is 24.3 Å². The minimum atomic E-state index is -0.779. The normalized spacial score (nSPS) is 14.3. The predicted octanol–water partition coefficient (Wildman–Crippen LogP) is 4.94.